The highest BCUT2D eigenvalue weighted by atomic mass is 32.2. The van der Waals surface area contributed by atoms with Crippen molar-refractivity contribution in [2.75, 3.05) is 32.8 Å². The van der Waals surface area contributed by atoms with Crippen molar-refractivity contribution in [2.24, 2.45) is 0 Å². The van der Waals surface area contributed by atoms with Gasteiger partial charge in [-0.1, -0.05) is 0 Å². The fraction of sp³-hybridized carbons (Fsp3) is 0.529. The highest BCUT2D eigenvalue weighted by Gasteiger charge is 2.33. The number of nitrogens with zero attached hydrogens (tertiary/aromatic N) is 2. The quantitative estimate of drug-likeness (QED) is 0.671. The standard InChI is InChI=1S/C17H23N3O5S2/c1-19(9-12-4-5-14(23-2)15(8-12)24-3)11-20-17(26)25-16(18-20)13-6-7-27(21,22)10-13/h4-5,8,13H,6-7,9-11H2,1-3H3/p+1/t13-/m0/s1. The van der Waals surface area contributed by atoms with E-state index in [2.05, 4.69) is 5.10 Å². The van der Waals surface area contributed by atoms with Gasteiger partial charge in [0, 0.05) is 5.56 Å². The second-order valence-electron chi connectivity index (χ2n) is 6.79. The second-order valence-corrected chi connectivity index (χ2v) is 9.36. The van der Waals surface area contributed by atoms with Crippen LogP contribution in [0, 0.1) is 4.84 Å². The average Bonchev–Trinajstić information content (AvgIpc) is 3.17. The Morgan fingerprint density at radius 3 is 2.70 bits per heavy atom. The molecule has 2 aromatic rings. The van der Waals surface area contributed by atoms with Crippen molar-refractivity contribution in [1.29, 1.82) is 0 Å². The summed E-state index contributed by atoms with van der Waals surface area (Å²) in [5, 5.41) is 4.42. The molecule has 0 bridgehead atoms. The number of sulfone groups is 1. The van der Waals surface area contributed by atoms with Gasteiger partial charge in [0.1, 0.15) is 6.54 Å². The first-order valence-corrected chi connectivity index (χ1v) is 10.8. The number of ether oxygens (including phenoxy) is 2. The third-order valence-electron chi connectivity index (χ3n) is 4.58. The summed E-state index contributed by atoms with van der Waals surface area (Å²) in [6.45, 7) is 1.23. The van der Waals surface area contributed by atoms with Gasteiger partial charge in [-0.3, -0.25) is 0 Å². The number of hydrogen-bond acceptors (Lipinski definition) is 7. The van der Waals surface area contributed by atoms with Crippen molar-refractivity contribution in [2.45, 2.75) is 25.6 Å². The Labute approximate surface area is 163 Å². The molecule has 1 aliphatic rings. The lowest BCUT2D eigenvalue weighted by atomic mass is 10.1. The van der Waals surface area contributed by atoms with Crippen LogP contribution in [0.25, 0.3) is 0 Å². The van der Waals surface area contributed by atoms with Gasteiger partial charge in [-0.15, -0.1) is 5.10 Å². The van der Waals surface area contributed by atoms with Gasteiger partial charge < -0.3 is 18.8 Å². The molecule has 0 spiro atoms. The summed E-state index contributed by atoms with van der Waals surface area (Å²) in [5.74, 6) is 1.84. The maximum atomic E-state index is 11.7. The van der Waals surface area contributed by atoms with E-state index in [1.807, 2.05) is 25.2 Å². The van der Waals surface area contributed by atoms with Gasteiger partial charge >= 0.3 is 0 Å². The number of rotatable bonds is 7. The average molecular weight is 415 g/mol. The van der Waals surface area contributed by atoms with Crippen LogP contribution in [-0.4, -0.2) is 51.0 Å². The number of methoxy groups -OCH3 is 2. The van der Waals surface area contributed by atoms with E-state index in [-0.39, 0.29) is 22.3 Å². The molecule has 8 nitrogen and oxygen atoms in total. The Morgan fingerprint density at radius 1 is 1.33 bits per heavy atom. The molecule has 27 heavy (non-hydrogen) atoms. The van der Waals surface area contributed by atoms with Crippen LogP contribution in [-0.2, 0) is 23.1 Å². The molecule has 0 radical (unpaired) electrons. The van der Waals surface area contributed by atoms with Crippen molar-refractivity contribution in [3.05, 3.63) is 34.5 Å². The van der Waals surface area contributed by atoms with Crippen LogP contribution in [0.3, 0.4) is 0 Å². The molecule has 1 N–H and O–H groups in total. The summed E-state index contributed by atoms with van der Waals surface area (Å²) in [5.41, 5.74) is 1.09. The summed E-state index contributed by atoms with van der Waals surface area (Å²) in [6.07, 6.45) is 0.534. The van der Waals surface area contributed by atoms with Gasteiger partial charge in [0.2, 0.25) is 5.89 Å². The van der Waals surface area contributed by atoms with Crippen molar-refractivity contribution < 1.29 is 27.2 Å². The first-order valence-electron chi connectivity index (χ1n) is 8.62. The molecule has 0 saturated carbocycles. The van der Waals surface area contributed by atoms with E-state index in [0.717, 1.165) is 17.0 Å². The van der Waals surface area contributed by atoms with Crippen molar-refractivity contribution in [3.8, 4) is 11.5 Å². The SMILES string of the molecule is COc1ccc(C[NH+](C)Cn2nc([C@H]3CCS(=O)(=O)C3)oc2=S)cc1OC. The number of aromatic nitrogens is 2. The molecule has 1 aliphatic heterocycles. The molecule has 2 heterocycles. The molecule has 0 aliphatic carbocycles. The first kappa shape index (κ1) is 19.8. The monoisotopic (exact) mass is 414 g/mol. The summed E-state index contributed by atoms with van der Waals surface area (Å²) < 4.78 is 41.1. The van der Waals surface area contributed by atoms with Crippen LogP contribution >= 0.6 is 12.2 Å². The molecule has 1 aromatic carbocycles. The van der Waals surface area contributed by atoms with Crippen LogP contribution < -0.4 is 14.4 Å². The minimum atomic E-state index is -2.99. The Balaban J connectivity index is 1.68. The maximum absolute atomic E-state index is 11.7. The topological polar surface area (TPSA) is 88.0 Å². The van der Waals surface area contributed by atoms with Crippen LogP contribution in [0.1, 0.15) is 23.8 Å². The minimum Gasteiger partial charge on any atom is -0.493 e. The van der Waals surface area contributed by atoms with E-state index in [1.54, 1.807) is 18.9 Å². The Kier molecular flexibility index (Phi) is 5.87. The fourth-order valence-corrected chi connectivity index (χ4v) is 5.15. The molecule has 1 aromatic heterocycles. The first-order chi connectivity index (χ1) is 12.8. The largest absolute Gasteiger partial charge is 0.493 e. The van der Waals surface area contributed by atoms with Gasteiger partial charge in [0.15, 0.2) is 28.0 Å². The summed E-state index contributed by atoms with van der Waals surface area (Å²) in [4.78, 5) is 1.40. The molecule has 1 saturated heterocycles. The van der Waals surface area contributed by atoms with Crippen molar-refractivity contribution in [1.82, 2.24) is 9.78 Å². The van der Waals surface area contributed by atoms with Crippen LogP contribution in [0.4, 0.5) is 0 Å². The van der Waals surface area contributed by atoms with E-state index < -0.39 is 9.84 Å². The third kappa shape index (κ3) is 4.69. The number of benzene rings is 1. The van der Waals surface area contributed by atoms with E-state index >= 15 is 0 Å². The lowest BCUT2D eigenvalue weighted by Gasteiger charge is -2.15. The van der Waals surface area contributed by atoms with Crippen molar-refractivity contribution in [3.63, 3.8) is 0 Å². The van der Waals surface area contributed by atoms with Gasteiger partial charge in [-0.25, -0.2) is 8.42 Å². The normalized spacial score (nSPS) is 19.7. The summed E-state index contributed by atoms with van der Waals surface area (Å²) in [7, 11) is 2.24. The van der Waals surface area contributed by atoms with E-state index in [0.29, 0.717) is 30.5 Å². The van der Waals surface area contributed by atoms with Gasteiger partial charge in [0.05, 0.1) is 38.7 Å². The maximum Gasteiger partial charge on any atom is 0.291 e. The van der Waals surface area contributed by atoms with E-state index in [9.17, 15) is 8.42 Å². The summed E-state index contributed by atoms with van der Waals surface area (Å²) >= 11 is 5.26. The molecule has 10 heteroatoms. The van der Waals surface area contributed by atoms with Crippen LogP contribution in [0.2, 0.25) is 0 Å². The lowest BCUT2D eigenvalue weighted by Crippen LogP contribution is -3.07. The smallest absolute Gasteiger partial charge is 0.291 e. The van der Waals surface area contributed by atoms with Gasteiger partial charge in [0.25, 0.3) is 4.84 Å². The van der Waals surface area contributed by atoms with Crippen LogP contribution in [0.5, 0.6) is 11.5 Å². The lowest BCUT2D eigenvalue weighted by molar-refractivity contribution is -0.917. The molecule has 1 fully saturated rings. The van der Waals surface area contributed by atoms with Crippen molar-refractivity contribution >= 4 is 22.1 Å². The molecule has 1 unspecified atom stereocenters. The van der Waals surface area contributed by atoms with Crippen LogP contribution in [0.15, 0.2) is 22.6 Å². The zero-order chi connectivity index (χ0) is 19.6. The molecule has 3 rings (SSSR count). The Bertz CT molecular complexity index is 967. The highest BCUT2D eigenvalue weighted by molar-refractivity contribution is 7.91. The second kappa shape index (κ2) is 7.99. The molecule has 148 valence electrons. The predicted molar refractivity (Wildman–Crippen MR) is 101 cm³/mol. The number of hydrogen-bond donors (Lipinski definition) is 1. The zero-order valence-electron chi connectivity index (χ0n) is 15.6. The number of nitrogens with one attached hydrogen (secondary N) is 1. The molecule has 2 atom stereocenters. The van der Waals surface area contributed by atoms with Gasteiger partial charge in [-0.2, -0.15) is 4.68 Å². The predicted octanol–water partition coefficient (Wildman–Crippen LogP) is 0.797. The summed E-state index contributed by atoms with van der Waals surface area (Å²) in [6, 6.07) is 5.81. The Morgan fingerprint density at radius 2 is 2.07 bits per heavy atom. The third-order valence-corrected chi connectivity index (χ3v) is 6.64. The molecular weight excluding hydrogens is 390 g/mol. The molecule has 0 amide bonds. The zero-order valence-corrected chi connectivity index (χ0v) is 17.2. The Hall–Kier alpha value is -1.91. The van der Waals surface area contributed by atoms with E-state index in [1.165, 1.54) is 0 Å². The van der Waals surface area contributed by atoms with E-state index in [4.69, 9.17) is 26.1 Å². The minimum absolute atomic E-state index is 0.0800. The molecular formula is C17H24N3O5S2+. The highest BCUT2D eigenvalue weighted by Crippen LogP contribution is 2.28. The number of quaternary nitrogens is 1. The van der Waals surface area contributed by atoms with Gasteiger partial charge in [-0.05, 0) is 36.8 Å². The fourth-order valence-electron chi connectivity index (χ4n) is 3.23.